The van der Waals surface area contributed by atoms with Gasteiger partial charge in [-0.2, -0.15) is 0 Å². The van der Waals surface area contributed by atoms with E-state index in [2.05, 4.69) is 36.4 Å². The van der Waals surface area contributed by atoms with Crippen LogP contribution in [-0.4, -0.2) is 5.24 Å². The summed E-state index contributed by atoms with van der Waals surface area (Å²) in [6.45, 7) is 0. The first-order chi connectivity index (χ1) is 11.7. The van der Waals surface area contributed by atoms with Gasteiger partial charge in [-0.3, -0.25) is 4.79 Å². The molecule has 0 radical (unpaired) electrons. The molecule has 2 heteroatoms. The minimum Gasteiger partial charge on any atom is -0.281 e. The van der Waals surface area contributed by atoms with Crippen molar-refractivity contribution in [2.45, 2.75) is 18.3 Å². The first-order valence-corrected chi connectivity index (χ1v) is 8.46. The van der Waals surface area contributed by atoms with Crippen molar-refractivity contribution in [3.8, 4) is 0 Å². The Morgan fingerprint density at radius 3 is 1.29 bits per heavy atom. The number of carbonyl (C=O) groups is 1. The largest absolute Gasteiger partial charge is 0.281 e. The Kier molecular flexibility index (Phi) is 5.12. The van der Waals surface area contributed by atoms with E-state index in [-0.39, 0.29) is 5.24 Å². The van der Waals surface area contributed by atoms with Crippen LogP contribution < -0.4 is 0 Å². The van der Waals surface area contributed by atoms with Gasteiger partial charge in [-0.05, 0) is 34.7 Å². The molecule has 0 unspecified atom stereocenters. The third-order valence-corrected chi connectivity index (χ3v) is 4.69. The van der Waals surface area contributed by atoms with E-state index in [1.54, 1.807) is 0 Å². The van der Waals surface area contributed by atoms with Crippen LogP contribution in [0.4, 0.5) is 0 Å². The highest BCUT2D eigenvalue weighted by Gasteiger charge is 2.36. The maximum absolute atomic E-state index is 11.5. The molecule has 24 heavy (non-hydrogen) atoms. The average Bonchev–Trinajstić information content (AvgIpc) is 2.65. The van der Waals surface area contributed by atoms with Crippen LogP contribution >= 0.6 is 11.6 Å². The molecule has 0 saturated carbocycles. The summed E-state index contributed by atoms with van der Waals surface area (Å²) < 4.78 is 0. The van der Waals surface area contributed by atoms with Crippen molar-refractivity contribution in [3.05, 3.63) is 108 Å². The standard InChI is InChI=1S/C22H19ClO/c23-21(24)16-17-22(18-10-4-1-5-11-18,19-12-6-2-7-13-19)20-14-8-3-9-15-20/h1-15H,16-17H2. The summed E-state index contributed by atoms with van der Waals surface area (Å²) in [6.07, 6.45) is 0.952. The first kappa shape index (κ1) is 16.5. The predicted molar refractivity (Wildman–Crippen MR) is 99.3 cm³/mol. The van der Waals surface area contributed by atoms with Crippen molar-refractivity contribution in [1.82, 2.24) is 0 Å². The molecule has 1 nitrogen and oxygen atoms in total. The number of hydrogen-bond acceptors (Lipinski definition) is 1. The van der Waals surface area contributed by atoms with E-state index < -0.39 is 5.41 Å². The number of rotatable bonds is 6. The van der Waals surface area contributed by atoms with Gasteiger partial charge in [0.15, 0.2) is 0 Å². The molecule has 0 aliphatic rings. The van der Waals surface area contributed by atoms with E-state index in [1.807, 2.05) is 54.6 Å². The topological polar surface area (TPSA) is 17.1 Å². The lowest BCUT2D eigenvalue weighted by Gasteiger charge is -2.36. The van der Waals surface area contributed by atoms with Gasteiger partial charge >= 0.3 is 0 Å². The van der Waals surface area contributed by atoms with Gasteiger partial charge in [-0.1, -0.05) is 91.0 Å². The third kappa shape index (κ3) is 3.27. The molecule has 0 heterocycles. The molecule has 120 valence electrons. The summed E-state index contributed by atoms with van der Waals surface area (Å²) >= 11 is 5.71. The summed E-state index contributed by atoms with van der Waals surface area (Å²) in [5.41, 5.74) is 3.11. The monoisotopic (exact) mass is 334 g/mol. The van der Waals surface area contributed by atoms with Gasteiger partial charge in [0.05, 0.1) is 0 Å². The van der Waals surface area contributed by atoms with E-state index in [9.17, 15) is 4.79 Å². The highest BCUT2D eigenvalue weighted by molar-refractivity contribution is 6.63. The molecule has 0 atom stereocenters. The molecule has 0 bridgehead atoms. The SMILES string of the molecule is O=C(Cl)CCC(c1ccccc1)(c1ccccc1)c1ccccc1. The van der Waals surface area contributed by atoms with E-state index in [4.69, 9.17) is 11.6 Å². The van der Waals surface area contributed by atoms with Crippen LogP contribution in [0.15, 0.2) is 91.0 Å². The number of benzene rings is 3. The van der Waals surface area contributed by atoms with Crippen molar-refractivity contribution in [2.75, 3.05) is 0 Å². The second kappa shape index (κ2) is 7.46. The van der Waals surface area contributed by atoms with Crippen LogP contribution in [0.1, 0.15) is 29.5 Å². The molecule has 0 aliphatic carbocycles. The summed E-state index contributed by atoms with van der Waals surface area (Å²) in [5, 5.41) is -0.304. The fraction of sp³-hybridized carbons (Fsp3) is 0.136. The molecule has 0 spiro atoms. The highest BCUT2D eigenvalue weighted by Crippen LogP contribution is 2.43. The van der Waals surface area contributed by atoms with Crippen LogP contribution in [0, 0.1) is 0 Å². The van der Waals surface area contributed by atoms with Crippen molar-refractivity contribution in [1.29, 1.82) is 0 Å². The molecule has 0 amide bonds. The van der Waals surface area contributed by atoms with Crippen LogP contribution in [0.3, 0.4) is 0 Å². The fourth-order valence-corrected chi connectivity index (χ4v) is 3.48. The Morgan fingerprint density at radius 1 is 0.667 bits per heavy atom. The van der Waals surface area contributed by atoms with Crippen molar-refractivity contribution < 1.29 is 4.79 Å². The lowest BCUT2D eigenvalue weighted by Crippen LogP contribution is -2.30. The number of hydrogen-bond donors (Lipinski definition) is 0. The quantitative estimate of drug-likeness (QED) is 0.425. The van der Waals surface area contributed by atoms with Crippen LogP contribution in [0.25, 0.3) is 0 Å². The van der Waals surface area contributed by atoms with Crippen LogP contribution in [0.2, 0.25) is 0 Å². The van der Waals surface area contributed by atoms with Crippen LogP contribution in [0.5, 0.6) is 0 Å². The molecule has 0 saturated heterocycles. The first-order valence-electron chi connectivity index (χ1n) is 8.08. The van der Waals surface area contributed by atoms with E-state index in [0.29, 0.717) is 12.8 Å². The Hall–Kier alpha value is -2.38. The maximum Gasteiger partial charge on any atom is 0.221 e. The zero-order valence-electron chi connectivity index (χ0n) is 13.4. The van der Waals surface area contributed by atoms with Gasteiger partial charge in [0, 0.05) is 11.8 Å². The van der Waals surface area contributed by atoms with Gasteiger partial charge in [0.1, 0.15) is 0 Å². The minimum absolute atomic E-state index is 0.304. The zero-order valence-corrected chi connectivity index (χ0v) is 14.1. The Morgan fingerprint density at radius 2 is 1.00 bits per heavy atom. The Labute approximate surface area is 147 Å². The molecule has 0 aromatic heterocycles. The summed E-state index contributed by atoms with van der Waals surface area (Å²) in [7, 11) is 0. The molecule has 0 fully saturated rings. The maximum atomic E-state index is 11.5. The van der Waals surface area contributed by atoms with E-state index in [0.717, 1.165) is 0 Å². The molecule has 3 aromatic rings. The molecule has 3 aromatic carbocycles. The Bertz CT molecular complexity index is 685. The van der Waals surface area contributed by atoms with Gasteiger partial charge in [0.25, 0.3) is 0 Å². The van der Waals surface area contributed by atoms with E-state index in [1.165, 1.54) is 16.7 Å². The molecule has 3 rings (SSSR count). The lowest BCUT2D eigenvalue weighted by atomic mass is 9.67. The van der Waals surface area contributed by atoms with Crippen molar-refractivity contribution in [2.24, 2.45) is 0 Å². The van der Waals surface area contributed by atoms with Crippen LogP contribution in [-0.2, 0) is 10.2 Å². The van der Waals surface area contributed by atoms with Gasteiger partial charge in [-0.15, -0.1) is 0 Å². The number of carbonyl (C=O) groups excluding carboxylic acids is 1. The van der Waals surface area contributed by atoms with Gasteiger partial charge < -0.3 is 0 Å². The summed E-state index contributed by atoms with van der Waals surface area (Å²) in [4.78, 5) is 11.5. The summed E-state index contributed by atoms with van der Waals surface area (Å²) in [5.74, 6) is 0. The third-order valence-electron chi connectivity index (χ3n) is 4.50. The Balaban J connectivity index is 2.26. The number of halogens is 1. The average molecular weight is 335 g/mol. The summed E-state index contributed by atoms with van der Waals surface area (Å²) in [6, 6.07) is 31.0. The highest BCUT2D eigenvalue weighted by atomic mass is 35.5. The minimum atomic E-state index is -0.395. The molecular weight excluding hydrogens is 316 g/mol. The normalized spacial score (nSPS) is 11.2. The lowest BCUT2D eigenvalue weighted by molar-refractivity contribution is -0.111. The molecule has 0 aliphatic heterocycles. The van der Waals surface area contributed by atoms with Gasteiger partial charge in [0.2, 0.25) is 5.24 Å². The van der Waals surface area contributed by atoms with Crippen molar-refractivity contribution in [3.63, 3.8) is 0 Å². The second-order valence-corrected chi connectivity index (χ2v) is 6.28. The fourth-order valence-electron chi connectivity index (χ4n) is 3.39. The van der Waals surface area contributed by atoms with Crippen molar-refractivity contribution >= 4 is 16.8 Å². The molecular formula is C22H19ClO. The predicted octanol–water partition coefficient (Wildman–Crippen LogP) is 5.57. The smallest absolute Gasteiger partial charge is 0.221 e. The second-order valence-electron chi connectivity index (χ2n) is 5.86. The molecule has 0 N–H and O–H groups in total. The van der Waals surface area contributed by atoms with Gasteiger partial charge in [-0.25, -0.2) is 0 Å². The van der Waals surface area contributed by atoms with E-state index >= 15 is 0 Å². The zero-order chi connectivity index (χ0) is 16.8.